The highest BCUT2D eigenvalue weighted by Gasteiger charge is 2.12. The van der Waals surface area contributed by atoms with Crippen LogP contribution in [0.4, 0.5) is 10.1 Å². The number of amides is 1. The van der Waals surface area contributed by atoms with Gasteiger partial charge in [-0.3, -0.25) is 4.79 Å². The van der Waals surface area contributed by atoms with E-state index < -0.39 is 5.91 Å². The second-order valence-corrected chi connectivity index (χ2v) is 6.49. The van der Waals surface area contributed by atoms with Gasteiger partial charge in [-0.25, -0.2) is 4.39 Å². The fraction of sp³-hybridized carbons (Fsp3) is 0.0435. The summed E-state index contributed by atoms with van der Waals surface area (Å²) in [6.07, 6.45) is 1.43. The third-order valence-corrected chi connectivity index (χ3v) is 4.24. The lowest BCUT2D eigenvalue weighted by Crippen LogP contribution is -2.13. The number of halogens is 2. The van der Waals surface area contributed by atoms with Crippen molar-refractivity contribution >= 4 is 29.3 Å². The molecule has 0 saturated carbocycles. The number of carbonyl (C=O) groups excluding carboxylic acids is 1. The van der Waals surface area contributed by atoms with Gasteiger partial charge in [-0.1, -0.05) is 54.1 Å². The topological polar surface area (TPSA) is 62.1 Å². The summed E-state index contributed by atoms with van der Waals surface area (Å²) in [4.78, 5) is 12.5. The first-order valence-corrected chi connectivity index (χ1v) is 9.08. The molecule has 0 aliphatic carbocycles. The van der Waals surface area contributed by atoms with Gasteiger partial charge in [0.1, 0.15) is 29.8 Å². The maximum absolute atomic E-state index is 13.8. The standard InChI is InChI=1S/C23H16ClFN2O2/c24-19-8-5-9-20(13-19)27-23(28)18(14-26)12-16-6-2-4-11-22(16)29-15-17-7-1-3-10-21(17)25/h1-13H,15H2,(H,27,28)/b18-12+. The van der Waals surface area contributed by atoms with Crippen molar-refractivity contribution in [2.45, 2.75) is 6.61 Å². The molecule has 0 heterocycles. The maximum atomic E-state index is 13.8. The molecule has 1 amide bonds. The van der Waals surface area contributed by atoms with Gasteiger partial charge in [-0.05, 0) is 36.4 Å². The summed E-state index contributed by atoms with van der Waals surface area (Å²) >= 11 is 5.91. The molecule has 0 bridgehead atoms. The average molecular weight is 407 g/mol. The van der Waals surface area contributed by atoms with Gasteiger partial charge in [0.2, 0.25) is 0 Å². The molecule has 3 aromatic carbocycles. The Morgan fingerprint density at radius 3 is 2.62 bits per heavy atom. The molecule has 0 saturated heterocycles. The largest absolute Gasteiger partial charge is 0.488 e. The normalized spacial score (nSPS) is 10.9. The van der Waals surface area contributed by atoms with Crippen molar-refractivity contribution in [2.75, 3.05) is 5.32 Å². The van der Waals surface area contributed by atoms with Crippen molar-refractivity contribution in [2.24, 2.45) is 0 Å². The van der Waals surface area contributed by atoms with E-state index in [0.717, 1.165) is 0 Å². The molecule has 0 atom stereocenters. The Morgan fingerprint density at radius 2 is 1.86 bits per heavy atom. The molecule has 0 aliphatic rings. The lowest BCUT2D eigenvalue weighted by atomic mass is 10.1. The number of benzene rings is 3. The van der Waals surface area contributed by atoms with Crippen LogP contribution in [-0.2, 0) is 11.4 Å². The molecule has 3 aromatic rings. The molecule has 0 aromatic heterocycles. The van der Waals surface area contributed by atoms with E-state index in [0.29, 0.717) is 27.6 Å². The third kappa shape index (κ3) is 5.44. The van der Waals surface area contributed by atoms with E-state index in [1.165, 1.54) is 12.1 Å². The van der Waals surface area contributed by atoms with Gasteiger partial charge < -0.3 is 10.1 Å². The minimum absolute atomic E-state index is 0.0219. The first-order valence-electron chi connectivity index (χ1n) is 8.71. The van der Waals surface area contributed by atoms with Gasteiger partial charge in [-0.2, -0.15) is 5.26 Å². The van der Waals surface area contributed by atoms with Gasteiger partial charge in [0, 0.05) is 21.8 Å². The second-order valence-electron chi connectivity index (χ2n) is 6.05. The van der Waals surface area contributed by atoms with Crippen molar-refractivity contribution < 1.29 is 13.9 Å². The summed E-state index contributed by atoms with van der Waals surface area (Å²) in [5.74, 6) is -0.503. The van der Waals surface area contributed by atoms with Crippen LogP contribution in [0.25, 0.3) is 6.08 Å². The smallest absolute Gasteiger partial charge is 0.266 e. The monoisotopic (exact) mass is 406 g/mol. The van der Waals surface area contributed by atoms with E-state index in [-0.39, 0.29) is 18.0 Å². The lowest BCUT2D eigenvalue weighted by molar-refractivity contribution is -0.112. The molecule has 0 fully saturated rings. The summed E-state index contributed by atoms with van der Waals surface area (Å²) in [5.41, 5.74) is 1.31. The SMILES string of the molecule is N#C/C(=C\c1ccccc1OCc1ccccc1F)C(=O)Nc1cccc(Cl)c1. The predicted molar refractivity (Wildman–Crippen MR) is 111 cm³/mol. The Labute approximate surface area is 172 Å². The number of rotatable bonds is 6. The molecule has 1 N–H and O–H groups in total. The van der Waals surface area contributed by atoms with Crippen molar-refractivity contribution in [3.8, 4) is 11.8 Å². The zero-order valence-corrected chi connectivity index (χ0v) is 16.0. The minimum Gasteiger partial charge on any atom is -0.488 e. The van der Waals surface area contributed by atoms with Crippen LogP contribution in [0.3, 0.4) is 0 Å². The minimum atomic E-state index is -0.571. The molecule has 0 radical (unpaired) electrons. The quantitative estimate of drug-likeness (QED) is 0.428. The fourth-order valence-electron chi connectivity index (χ4n) is 2.57. The van der Waals surface area contributed by atoms with Crippen LogP contribution in [0.2, 0.25) is 5.02 Å². The maximum Gasteiger partial charge on any atom is 0.266 e. The van der Waals surface area contributed by atoms with Crippen molar-refractivity contribution in [3.05, 3.63) is 100 Å². The predicted octanol–water partition coefficient (Wildman–Crippen LogP) is 5.60. The van der Waals surface area contributed by atoms with Gasteiger partial charge in [-0.15, -0.1) is 0 Å². The Morgan fingerprint density at radius 1 is 1.10 bits per heavy atom. The number of para-hydroxylation sites is 1. The molecule has 0 aliphatic heterocycles. The number of nitrogens with one attached hydrogen (secondary N) is 1. The van der Waals surface area contributed by atoms with Crippen molar-refractivity contribution in [1.82, 2.24) is 0 Å². The van der Waals surface area contributed by atoms with Crippen LogP contribution >= 0.6 is 11.6 Å². The number of carbonyl (C=O) groups is 1. The van der Waals surface area contributed by atoms with Gasteiger partial charge >= 0.3 is 0 Å². The molecular formula is C23H16ClFN2O2. The molecule has 29 heavy (non-hydrogen) atoms. The third-order valence-electron chi connectivity index (χ3n) is 4.01. The van der Waals surface area contributed by atoms with Crippen molar-refractivity contribution in [1.29, 1.82) is 5.26 Å². The van der Waals surface area contributed by atoms with Gasteiger partial charge in [0.15, 0.2) is 0 Å². The van der Waals surface area contributed by atoms with Crippen molar-refractivity contribution in [3.63, 3.8) is 0 Å². The van der Waals surface area contributed by atoms with E-state index in [2.05, 4.69) is 5.32 Å². The fourth-order valence-corrected chi connectivity index (χ4v) is 2.76. The second kappa shape index (κ2) is 9.54. The number of nitriles is 1. The summed E-state index contributed by atoms with van der Waals surface area (Å²) < 4.78 is 19.5. The van der Waals surface area contributed by atoms with Crippen LogP contribution < -0.4 is 10.1 Å². The number of hydrogen-bond donors (Lipinski definition) is 1. The van der Waals surface area contributed by atoms with E-state index in [9.17, 15) is 14.4 Å². The summed E-state index contributed by atoms with van der Waals surface area (Å²) in [5, 5.41) is 12.5. The Balaban J connectivity index is 1.80. The van der Waals surface area contributed by atoms with Gasteiger partial charge in [0.05, 0.1) is 0 Å². The van der Waals surface area contributed by atoms with Crippen LogP contribution in [-0.4, -0.2) is 5.91 Å². The summed E-state index contributed by atoms with van der Waals surface area (Å²) in [7, 11) is 0. The number of nitrogens with zero attached hydrogens (tertiary/aromatic N) is 1. The highest BCUT2D eigenvalue weighted by molar-refractivity contribution is 6.31. The Kier molecular flexibility index (Phi) is 6.62. The van der Waals surface area contributed by atoms with Crippen LogP contribution in [0.1, 0.15) is 11.1 Å². The number of ether oxygens (including phenoxy) is 1. The van der Waals surface area contributed by atoms with E-state index in [1.54, 1.807) is 66.7 Å². The molecule has 6 heteroatoms. The molecule has 4 nitrogen and oxygen atoms in total. The zero-order valence-electron chi connectivity index (χ0n) is 15.2. The molecule has 0 spiro atoms. The van der Waals surface area contributed by atoms with Crippen LogP contribution in [0.5, 0.6) is 5.75 Å². The first kappa shape index (κ1) is 20.1. The highest BCUT2D eigenvalue weighted by atomic mass is 35.5. The highest BCUT2D eigenvalue weighted by Crippen LogP contribution is 2.23. The van der Waals surface area contributed by atoms with E-state index >= 15 is 0 Å². The molecule has 3 rings (SSSR count). The summed E-state index contributed by atoms with van der Waals surface area (Å²) in [6.45, 7) is 0.0219. The van der Waals surface area contributed by atoms with E-state index in [4.69, 9.17) is 16.3 Å². The van der Waals surface area contributed by atoms with E-state index in [1.807, 2.05) is 6.07 Å². The molecular weight excluding hydrogens is 391 g/mol. The Hall–Kier alpha value is -3.62. The average Bonchev–Trinajstić information content (AvgIpc) is 2.72. The molecule has 0 unspecified atom stereocenters. The van der Waals surface area contributed by atoms with Crippen LogP contribution in [0, 0.1) is 17.1 Å². The number of anilines is 1. The lowest BCUT2D eigenvalue weighted by Gasteiger charge is -2.10. The first-order chi connectivity index (χ1) is 14.1. The summed E-state index contributed by atoms with van der Waals surface area (Å²) in [6, 6.07) is 21.8. The van der Waals surface area contributed by atoms with Crippen LogP contribution in [0.15, 0.2) is 78.4 Å². The van der Waals surface area contributed by atoms with Gasteiger partial charge in [0.25, 0.3) is 5.91 Å². The number of hydrogen-bond acceptors (Lipinski definition) is 3. The Bertz CT molecular complexity index is 1110. The molecule has 144 valence electrons. The zero-order chi connectivity index (χ0) is 20.6.